The van der Waals surface area contributed by atoms with E-state index in [-0.39, 0.29) is 17.9 Å². The van der Waals surface area contributed by atoms with Crippen molar-refractivity contribution in [3.8, 4) is 0 Å². The molecule has 2 atom stereocenters. The van der Waals surface area contributed by atoms with Crippen LogP contribution in [0.1, 0.15) is 61.4 Å². The van der Waals surface area contributed by atoms with Crippen molar-refractivity contribution in [3.05, 3.63) is 29.3 Å². The topological polar surface area (TPSA) is 86.7 Å². The van der Waals surface area contributed by atoms with Crippen LogP contribution >= 0.6 is 0 Å². The number of anilines is 1. The Hall–Kier alpha value is -2.37. The third-order valence-corrected chi connectivity index (χ3v) is 5.52. The Bertz CT molecular complexity index is 716. The number of benzene rings is 1. The number of carbonyl (C=O) groups is 3. The van der Waals surface area contributed by atoms with Gasteiger partial charge in [0.2, 0.25) is 5.91 Å². The first-order valence-corrected chi connectivity index (χ1v) is 9.42. The number of amides is 2. The van der Waals surface area contributed by atoms with Crippen molar-refractivity contribution < 1.29 is 19.5 Å². The summed E-state index contributed by atoms with van der Waals surface area (Å²) in [6.45, 7) is 2.18. The predicted molar refractivity (Wildman–Crippen MR) is 98.3 cm³/mol. The van der Waals surface area contributed by atoms with Gasteiger partial charge in [0.05, 0.1) is 5.92 Å². The van der Waals surface area contributed by atoms with Crippen molar-refractivity contribution in [2.24, 2.45) is 5.92 Å². The fourth-order valence-electron chi connectivity index (χ4n) is 4.07. The number of fused-ring (bicyclic) bond motifs is 1. The molecule has 1 fully saturated rings. The molecular formula is C20H26N2O4. The van der Waals surface area contributed by atoms with Crippen LogP contribution in [0.5, 0.6) is 0 Å². The number of hydrogen-bond donors (Lipinski definition) is 2. The largest absolute Gasteiger partial charge is 0.481 e. The molecule has 1 heterocycles. The summed E-state index contributed by atoms with van der Waals surface area (Å²) < 4.78 is 0. The maximum Gasteiger partial charge on any atom is 0.308 e. The van der Waals surface area contributed by atoms with E-state index in [0.29, 0.717) is 24.9 Å². The van der Waals surface area contributed by atoms with Crippen molar-refractivity contribution in [2.75, 3.05) is 11.4 Å². The van der Waals surface area contributed by atoms with E-state index in [1.165, 1.54) is 6.92 Å². The first-order valence-electron chi connectivity index (χ1n) is 9.42. The summed E-state index contributed by atoms with van der Waals surface area (Å²) in [5.74, 6) is -1.59. The highest BCUT2D eigenvalue weighted by Gasteiger charge is 2.30. The number of carboxylic acid groups (broad SMARTS) is 1. The Labute approximate surface area is 153 Å². The number of nitrogens with one attached hydrogen (secondary N) is 1. The van der Waals surface area contributed by atoms with Gasteiger partial charge >= 0.3 is 5.97 Å². The zero-order valence-electron chi connectivity index (χ0n) is 15.2. The van der Waals surface area contributed by atoms with E-state index in [9.17, 15) is 19.5 Å². The minimum atomic E-state index is -0.830. The number of rotatable bonds is 3. The van der Waals surface area contributed by atoms with Crippen LogP contribution < -0.4 is 10.2 Å². The molecule has 1 saturated carbocycles. The third kappa shape index (κ3) is 3.89. The third-order valence-electron chi connectivity index (χ3n) is 5.52. The van der Waals surface area contributed by atoms with E-state index < -0.39 is 11.9 Å². The fraction of sp³-hybridized carbons (Fsp3) is 0.550. The Morgan fingerprint density at radius 3 is 2.54 bits per heavy atom. The number of aliphatic carboxylic acids is 1. The zero-order chi connectivity index (χ0) is 18.7. The second-order valence-electron chi connectivity index (χ2n) is 7.28. The molecular weight excluding hydrogens is 332 g/mol. The van der Waals surface area contributed by atoms with Crippen LogP contribution in [0.2, 0.25) is 0 Å². The van der Waals surface area contributed by atoms with E-state index in [4.69, 9.17) is 0 Å². The standard InChI is InChI=1S/C20H26N2O4/c1-13(23)22-11-10-14-12-15(8-9-18(14)22)19(24)21-17-7-5-3-2-4-6-16(17)20(25)26/h8-9,12,16-17H,2-7,10-11H2,1H3,(H,21,24)(H,25,26). The fourth-order valence-corrected chi connectivity index (χ4v) is 4.07. The molecule has 0 aromatic heterocycles. The van der Waals surface area contributed by atoms with Crippen LogP contribution in [0.25, 0.3) is 0 Å². The van der Waals surface area contributed by atoms with Crippen LogP contribution in [0.4, 0.5) is 5.69 Å². The Morgan fingerprint density at radius 2 is 1.85 bits per heavy atom. The normalized spacial score (nSPS) is 22.9. The Balaban J connectivity index is 1.74. The highest BCUT2D eigenvalue weighted by molar-refractivity contribution is 5.98. The maximum absolute atomic E-state index is 12.7. The monoisotopic (exact) mass is 358 g/mol. The molecule has 140 valence electrons. The minimum Gasteiger partial charge on any atom is -0.481 e. The molecule has 0 saturated heterocycles. The van der Waals surface area contributed by atoms with Crippen molar-refractivity contribution in [1.29, 1.82) is 0 Å². The number of carbonyl (C=O) groups excluding carboxylic acids is 2. The van der Waals surface area contributed by atoms with Gasteiger partial charge in [0.25, 0.3) is 5.91 Å². The first kappa shape index (κ1) is 18.4. The lowest BCUT2D eigenvalue weighted by molar-refractivity contribution is -0.143. The van der Waals surface area contributed by atoms with Crippen molar-refractivity contribution >= 4 is 23.5 Å². The predicted octanol–water partition coefficient (Wildman–Crippen LogP) is 2.75. The van der Waals surface area contributed by atoms with E-state index in [1.54, 1.807) is 11.0 Å². The van der Waals surface area contributed by atoms with E-state index in [2.05, 4.69) is 5.32 Å². The maximum atomic E-state index is 12.7. The van der Waals surface area contributed by atoms with Gasteiger partial charge in [-0.2, -0.15) is 0 Å². The van der Waals surface area contributed by atoms with Gasteiger partial charge < -0.3 is 15.3 Å². The van der Waals surface area contributed by atoms with Crippen LogP contribution in [-0.2, 0) is 16.0 Å². The average molecular weight is 358 g/mol. The van der Waals surface area contributed by atoms with E-state index in [0.717, 1.165) is 43.4 Å². The van der Waals surface area contributed by atoms with Gasteiger partial charge in [-0.15, -0.1) is 0 Å². The van der Waals surface area contributed by atoms with Crippen LogP contribution in [-0.4, -0.2) is 35.5 Å². The highest BCUT2D eigenvalue weighted by atomic mass is 16.4. The number of nitrogens with zero attached hydrogens (tertiary/aromatic N) is 1. The van der Waals surface area contributed by atoms with E-state index >= 15 is 0 Å². The van der Waals surface area contributed by atoms with E-state index in [1.807, 2.05) is 12.1 Å². The summed E-state index contributed by atoms with van der Waals surface area (Å²) in [5.41, 5.74) is 2.38. The molecule has 1 aromatic rings. The lowest BCUT2D eigenvalue weighted by Gasteiger charge is -2.27. The summed E-state index contributed by atoms with van der Waals surface area (Å²) in [7, 11) is 0. The van der Waals surface area contributed by atoms with Gasteiger partial charge in [0.1, 0.15) is 0 Å². The summed E-state index contributed by atoms with van der Waals surface area (Å²) in [4.78, 5) is 37.7. The first-order chi connectivity index (χ1) is 12.5. The quantitative estimate of drug-likeness (QED) is 0.870. The molecule has 0 spiro atoms. The molecule has 2 amide bonds. The highest BCUT2D eigenvalue weighted by Crippen LogP contribution is 2.29. The van der Waals surface area contributed by atoms with Gasteiger partial charge in [0.15, 0.2) is 0 Å². The molecule has 26 heavy (non-hydrogen) atoms. The summed E-state index contributed by atoms with van der Waals surface area (Å²) in [6, 6.07) is 5.02. The van der Waals surface area contributed by atoms with Crippen LogP contribution in [0, 0.1) is 5.92 Å². The molecule has 6 nitrogen and oxygen atoms in total. The minimum absolute atomic E-state index is 0.000211. The smallest absolute Gasteiger partial charge is 0.308 e. The zero-order valence-corrected chi connectivity index (χ0v) is 15.2. The second kappa shape index (κ2) is 7.89. The molecule has 1 aliphatic carbocycles. The lowest BCUT2D eigenvalue weighted by atomic mass is 9.86. The molecule has 3 rings (SSSR count). The molecule has 6 heteroatoms. The summed E-state index contributed by atoms with van der Waals surface area (Å²) >= 11 is 0. The lowest BCUT2D eigenvalue weighted by Crippen LogP contribution is -2.43. The van der Waals surface area contributed by atoms with Crippen molar-refractivity contribution in [2.45, 2.75) is 57.9 Å². The molecule has 2 unspecified atom stereocenters. The Morgan fingerprint density at radius 1 is 1.12 bits per heavy atom. The van der Waals surface area contributed by atoms with Gasteiger partial charge in [-0.05, 0) is 43.0 Å². The molecule has 0 bridgehead atoms. The van der Waals surface area contributed by atoms with Crippen LogP contribution in [0.15, 0.2) is 18.2 Å². The summed E-state index contributed by atoms with van der Waals surface area (Å²) in [6.07, 6.45) is 6.01. The molecule has 0 radical (unpaired) electrons. The molecule has 2 N–H and O–H groups in total. The molecule has 1 aromatic carbocycles. The number of hydrogen-bond acceptors (Lipinski definition) is 3. The summed E-state index contributed by atoms with van der Waals surface area (Å²) in [5, 5.41) is 12.5. The van der Waals surface area contributed by atoms with Crippen LogP contribution in [0.3, 0.4) is 0 Å². The van der Waals surface area contributed by atoms with Crippen molar-refractivity contribution in [1.82, 2.24) is 5.32 Å². The Kier molecular flexibility index (Phi) is 5.59. The van der Waals surface area contributed by atoms with Crippen molar-refractivity contribution in [3.63, 3.8) is 0 Å². The van der Waals surface area contributed by atoms with Gasteiger partial charge in [-0.1, -0.05) is 25.7 Å². The average Bonchev–Trinajstić information content (AvgIpc) is 3.00. The van der Waals surface area contributed by atoms with Gasteiger partial charge in [0, 0.05) is 30.8 Å². The molecule has 2 aliphatic rings. The second-order valence-corrected chi connectivity index (χ2v) is 7.28. The molecule has 1 aliphatic heterocycles. The number of carboxylic acids is 1. The van der Waals surface area contributed by atoms with Gasteiger partial charge in [-0.25, -0.2) is 0 Å². The SMILES string of the molecule is CC(=O)N1CCc2cc(C(=O)NC3CCCCCCC3C(=O)O)ccc21. The van der Waals surface area contributed by atoms with Gasteiger partial charge in [-0.3, -0.25) is 14.4 Å².